The number of rotatable bonds is 49. The zero-order valence-corrected chi connectivity index (χ0v) is 43.2. The van der Waals surface area contributed by atoms with Crippen LogP contribution < -0.4 is 0 Å². The van der Waals surface area contributed by atoms with Gasteiger partial charge in [0.15, 0.2) is 6.10 Å². The second kappa shape index (κ2) is 55.9. The largest absolute Gasteiger partial charge is 0.461 e. The molecule has 0 fully saturated rings. The molecule has 1 unspecified atom stereocenters. The van der Waals surface area contributed by atoms with E-state index in [4.69, 9.17) is 14.2 Å². The molecule has 376 valence electrons. The fourth-order valence-electron chi connectivity index (χ4n) is 7.23. The van der Waals surface area contributed by atoms with Crippen molar-refractivity contribution >= 4 is 11.9 Å². The van der Waals surface area contributed by atoms with Gasteiger partial charge in [0, 0.05) is 13.0 Å². The third-order valence-corrected chi connectivity index (χ3v) is 11.3. The summed E-state index contributed by atoms with van der Waals surface area (Å²) in [6, 6.07) is 0. The first kappa shape index (κ1) is 62.6. The Kier molecular flexibility index (Phi) is 53.0. The van der Waals surface area contributed by atoms with E-state index in [2.05, 4.69) is 118 Å². The SMILES string of the molecule is CC/C=C\C/C=C\C/C=C\C/C=C\C/C=C\CC(=O)OCC(COCCCCCCCCCCCC/C=C\C/C=C\CCCCC)OC(=O)CCCCCCC/C=C\C/C=C\CCCCC. The Balaban J connectivity index is 4.40. The molecule has 0 aliphatic heterocycles. The van der Waals surface area contributed by atoms with E-state index in [1.807, 2.05) is 12.2 Å². The lowest BCUT2D eigenvalue weighted by Gasteiger charge is -2.18. The van der Waals surface area contributed by atoms with Crippen LogP contribution in [0.5, 0.6) is 0 Å². The molecule has 0 radical (unpaired) electrons. The summed E-state index contributed by atoms with van der Waals surface area (Å²) >= 11 is 0. The summed E-state index contributed by atoms with van der Waals surface area (Å²) < 4.78 is 17.3. The van der Waals surface area contributed by atoms with Crippen LogP contribution in [-0.4, -0.2) is 37.9 Å². The molecular formula is C61H102O5. The highest BCUT2D eigenvalue weighted by molar-refractivity contribution is 5.71. The van der Waals surface area contributed by atoms with Gasteiger partial charge in [-0.25, -0.2) is 0 Å². The van der Waals surface area contributed by atoms with Crippen LogP contribution in [0.1, 0.15) is 239 Å². The highest BCUT2D eigenvalue weighted by Gasteiger charge is 2.17. The fraction of sp³-hybridized carbons (Fsp3) is 0.672. The third kappa shape index (κ3) is 53.2. The highest BCUT2D eigenvalue weighted by atomic mass is 16.6. The average Bonchev–Trinajstić information content (AvgIpc) is 3.32. The number of allylic oxidation sites excluding steroid dienone is 17. The monoisotopic (exact) mass is 915 g/mol. The van der Waals surface area contributed by atoms with Gasteiger partial charge in [0.05, 0.1) is 13.0 Å². The van der Waals surface area contributed by atoms with Crippen LogP contribution in [0.3, 0.4) is 0 Å². The van der Waals surface area contributed by atoms with Gasteiger partial charge in [0.2, 0.25) is 0 Å². The van der Waals surface area contributed by atoms with Crippen molar-refractivity contribution in [3.05, 3.63) is 109 Å². The van der Waals surface area contributed by atoms with Crippen molar-refractivity contribution in [1.29, 1.82) is 0 Å². The summed E-state index contributed by atoms with van der Waals surface area (Å²) in [4.78, 5) is 25.4. The number of unbranched alkanes of at least 4 members (excludes halogenated alkanes) is 21. The van der Waals surface area contributed by atoms with Gasteiger partial charge in [-0.2, -0.15) is 0 Å². The Hall–Kier alpha value is -3.44. The maximum Gasteiger partial charge on any atom is 0.309 e. The zero-order chi connectivity index (χ0) is 47.7. The molecule has 0 N–H and O–H groups in total. The molecule has 0 aromatic heterocycles. The second-order valence-electron chi connectivity index (χ2n) is 17.8. The minimum atomic E-state index is -0.592. The highest BCUT2D eigenvalue weighted by Crippen LogP contribution is 2.13. The number of carbonyl (C=O) groups excluding carboxylic acids is 2. The van der Waals surface area contributed by atoms with Crippen LogP contribution in [0.4, 0.5) is 0 Å². The van der Waals surface area contributed by atoms with Gasteiger partial charge in [-0.1, -0.05) is 226 Å². The fourth-order valence-corrected chi connectivity index (χ4v) is 7.23. The van der Waals surface area contributed by atoms with E-state index in [9.17, 15) is 9.59 Å². The normalized spacial score (nSPS) is 13.1. The second-order valence-corrected chi connectivity index (χ2v) is 17.8. The molecule has 0 saturated carbocycles. The Labute approximate surface area is 408 Å². The Morgan fingerprint density at radius 3 is 1.17 bits per heavy atom. The van der Waals surface area contributed by atoms with E-state index in [1.54, 1.807) is 0 Å². The summed E-state index contributed by atoms with van der Waals surface area (Å²) in [6.45, 7) is 7.54. The van der Waals surface area contributed by atoms with Crippen molar-refractivity contribution < 1.29 is 23.8 Å². The van der Waals surface area contributed by atoms with Crippen LogP contribution in [0, 0.1) is 0 Å². The Morgan fingerprint density at radius 1 is 0.364 bits per heavy atom. The third-order valence-electron chi connectivity index (χ3n) is 11.3. The van der Waals surface area contributed by atoms with Crippen LogP contribution in [-0.2, 0) is 23.8 Å². The predicted octanol–water partition coefficient (Wildman–Crippen LogP) is 18.8. The summed E-state index contributed by atoms with van der Waals surface area (Å²) in [7, 11) is 0. The molecule has 0 saturated heterocycles. The summed E-state index contributed by atoms with van der Waals surface area (Å²) in [6.07, 6.45) is 77.0. The van der Waals surface area contributed by atoms with Gasteiger partial charge >= 0.3 is 11.9 Å². The summed E-state index contributed by atoms with van der Waals surface area (Å²) in [5, 5.41) is 0. The van der Waals surface area contributed by atoms with Crippen LogP contribution in [0.2, 0.25) is 0 Å². The molecule has 0 aliphatic carbocycles. The first-order valence-electron chi connectivity index (χ1n) is 27.4. The standard InChI is InChI=1S/C61H102O5/c1-4-7-10-13-16-19-22-25-28-29-30-31-32-35-38-41-44-47-50-53-56-64-57-59(66-61(63)55-52-49-46-43-40-37-34-27-24-21-18-15-12-9-6-3)58-65-60(62)54-51-48-45-42-39-36-33-26-23-20-17-14-11-8-5-2/h8,11,16-21,25-28,33-34,39,42,48,51,59H,4-7,9-10,12-15,22-24,29-32,35-38,40-41,43-47,49-50,52-58H2,1-3H3/b11-8-,19-16-,20-17-,21-18-,28-25-,33-26-,34-27-,42-39-,51-48-. The van der Waals surface area contributed by atoms with Gasteiger partial charge < -0.3 is 14.2 Å². The van der Waals surface area contributed by atoms with Crippen LogP contribution in [0.15, 0.2) is 109 Å². The molecule has 0 aromatic rings. The molecule has 0 bridgehead atoms. The molecule has 0 aromatic carbocycles. The van der Waals surface area contributed by atoms with Crippen molar-refractivity contribution in [2.45, 2.75) is 245 Å². The maximum absolute atomic E-state index is 12.8. The Morgan fingerprint density at radius 2 is 0.727 bits per heavy atom. The smallest absolute Gasteiger partial charge is 0.309 e. The summed E-state index contributed by atoms with van der Waals surface area (Å²) in [5.41, 5.74) is 0. The number of hydrogen-bond donors (Lipinski definition) is 0. The van der Waals surface area contributed by atoms with Crippen molar-refractivity contribution in [3.63, 3.8) is 0 Å². The molecular weight excluding hydrogens is 813 g/mol. The molecule has 0 rings (SSSR count). The molecule has 5 heteroatoms. The minimum absolute atomic E-state index is 0.0188. The van der Waals surface area contributed by atoms with E-state index in [0.717, 1.165) is 83.5 Å². The quantitative estimate of drug-likeness (QED) is 0.0346. The zero-order valence-electron chi connectivity index (χ0n) is 43.2. The lowest BCUT2D eigenvalue weighted by atomic mass is 10.1. The molecule has 66 heavy (non-hydrogen) atoms. The molecule has 0 amide bonds. The van der Waals surface area contributed by atoms with Gasteiger partial charge in [0.1, 0.15) is 6.61 Å². The lowest BCUT2D eigenvalue weighted by molar-refractivity contribution is -0.162. The van der Waals surface area contributed by atoms with E-state index < -0.39 is 6.10 Å². The number of carbonyl (C=O) groups is 2. The van der Waals surface area contributed by atoms with Gasteiger partial charge in [-0.3, -0.25) is 9.59 Å². The minimum Gasteiger partial charge on any atom is -0.461 e. The number of ether oxygens (including phenoxy) is 3. The number of esters is 2. The van der Waals surface area contributed by atoms with Gasteiger partial charge in [-0.05, 0) is 109 Å². The molecule has 0 aliphatic rings. The van der Waals surface area contributed by atoms with Crippen molar-refractivity contribution in [1.82, 2.24) is 0 Å². The maximum atomic E-state index is 12.8. The van der Waals surface area contributed by atoms with Gasteiger partial charge in [0.25, 0.3) is 0 Å². The summed E-state index contributed by atoms with van der Waals surface area (Å²) in [5.74, 6) is -0.563. The first-order chi connectivity index (χ1) is 32.6. The van der Waals surface area contributed by atoms with Crippen LogP contribution >= 0.6 is 0 Å². The molecule has 0 spiro atoms. The predicted molar refractivity (Wildman–Crippen MR) is 288 cm³/mol. The van der Waals surface area contributed by atoms with Gasteiger partial charge in [-0.15, -0.1) is 0 Å². The van der Waals surface area contributed by atoms with E-state index in [1.165, 1.54) is 122 Å². The van der Waals surface area contributed by atoms with Crippen molar-refractivity contribution in [2.24, 2.45) is 0 Å². The first-order valence-corrected chi connectivity index (χ1v) is 27.4. The molecule has 0 heterocycles. The van der Waals surface area contributed by atoms with Crippen molar-refractivity contribution in [2.75, 3.05) is 19.8 Å². The van der Waals surface area contributed by atoms with E-state index in [0.29, 0.717) is 13.0 Å². The average molecular weight is 915 g/mol. The van der Waals surface area contributed by atoms with Crippen LogP contribution in [0.25, 0.3) is 0 Å². The van der Waals surface area contributed by atoms with E-state index >= 15 is 0 Å². The molecule has 5 nitrogen and oxygen atoms in total. The topological polar surface area (TPSA) is 61.8 Å². The van der Waals surface area contributed by atoms with E-state index in [-0.39, 0.29) is 31.6 Å². The lowest BCUT2D eigenvalue weighted by Crippen LogP contribution is -2.30. The molecule has 1 atom stereocenters. The number of hydrogen-bond acceptors (Lipinski definition) is 5. The van der Waals surface area contributed by atoms with Crippen molar-refractivity contribution in [3.8, 4) is 0 Å². The Bertz CT molecular complexity index is 1310.